The summed E-state index contributed by atoms with van der Waals surface area (Å²) in [6.07, 6.45) is 35.2. The predicted octanol–water partition coefficient (Wildman–Crippen LogP) is 11.1. The lowest BCUT2D eigenvalue weighted by molar-refractivity contribution is -0.161. The Bertz CT molecular complexity index is 813. The summed E-state index contributed by atoms with van der Waals surface area (Å²) in [5.41, 5.74) is 0. The number of phosphoric ester groups is 1. The standard InChI is InChI=1S/C37H69O8P/c1-4-6-8-10-12-14-16-17-18-19-20-21-22-24-26-28-30-32-37(39)45-35(34-44-46(40,41)42-3)33-43-36(38)31-29-27-25-23-15-13-11-9-7-5-2/h9,11,17-18,35H,4-8,10,12-16,19-34H2,1-3H3,(H,40,41)/b11-9-,18-17-. The molecule has 0 amide bonds. The molecule has 0 bridgehead atoms. The van der Waals surface area contributed by atoms with Gasteiger partial charge >= 0.3 is 19.8 Å². The fourth-order valence-electron chi connectivity index (χ4n) is 5.01. The molecule has 0 rings (SSSR count). The molecule has 2 atom stereocenters. The van der Waals surface area contributed by atoms with Crippen LogP contribution >= 0.6 is 7.82 Å². The van der Waals surface area contributed by atoms with Gasteiger partial charge in [0.2, 0.25) is 0 Å². The van der Waals surface area contributed by atoms with Crippen LogP contribution in [0.3, 0.4) is 0 Å². The molecule has 0 aromatic carbocycles. The zero-order valence-corrected chi connectivity index (χ0v) is 30.6. The topological polar surface area (TPSA) is 108 Å². The van der Waals surface area contributed by atoms with Crippen molar-refractivity contribution in [1.29, 1.82) is 0 Å². The van der Waals surface area contributed by atoms with Crippen molar-refractivity contribution in [2.45, 2.75) is 180 Å². The first kappa shape index (κ1) is 44.5. The number of carbonyl (C=O) groups excluding carboxylic acids is 2. The van der Waals surface area contributed by atoms with Crippen molar-refractivity contribution in [3.05, 3.63) is 24.3 Å². The fraction of sp³-hybridized carbons (Fsp3) is 0.838. The Kier molecular flexibility index (Phi) is 32.4. The Morgan fingerprint density at radius 2 is 1.02 bits per heavy atom. The molecule has 1 N–H and O–H groups in total. The van der Waals surface area contributed by atoms with Crippen LogP contribution in [0.15, 0.2) is 24.3 Å². The average Bonchev–Trinajstić information content (AvgIpc) is 3.04. The Balaban J connectivity index is 4.05. The largest absolute Gasteiger partial charge is 0.472 e. The van der Waals surface area contributed by atoms with Gasteiger partial charge in [0.1, 0.15) is 6.61 Å². The van der Waals surface area contributed by atoms with Gasteiger partial charge in [-0.2, -0.15) is 0 Å². The van der Waals surface area contributed by atoms with E-state index < -0.39 is 26.5 Å². The minimum absolute atomic E-state index is 0.230. The number of allylic oxidation sites excluding steroid dienone is 4. The molecule has 0 aromatic heterocycles. The Labute approximate surface area is 282 Å². The van der Waals surface area contributed by atoms with E-state index in [1.807, 2.05) is 0 Å². The monoisotopic (exact) mass is 672 g/mol. The van der Waals surface area contributed by atoms with Gasteiger partial charge in [-0.25, -0.2) is 4.57 Å². The van der Waals surface area contributed by atoms with E-state index in [-0.39, 0.29) is 25.4 Å². The minimum atomic E-state index is -4.25. The molecule has 0 saturated heterocycles. The van der Waals surface area contributed by atoms with E-state index in [0.29, 0.717) is 6.42 Å². The fourth-order valence-corrected chi connectivity index (χ4v) is 5.47. The number of phosphoric acid groups is 1. The third-order valence-corrected chi connectivity index (χ3v) is 8.84. The van der Waals surface area contributed by atoms with Gasteiger partial charge in [-0.1, -0.05) is 128 Å². The maximum absolute atomic E-state index is 12.4. The average molecular weight is 673 g/mol. The third kappa shape index (κ3) is 32.5. The SMILES string of the molecule is CCC/C=C\CCCCCCCC(=O)OCC(COP(=O)(O)OC)OC(=O)CCCCCCCCC/C=C\CCCCCCCC. The normalized spacial score (nSPS) is 13.7. The number of hydrogen-bond donors (Lipinski definition) is 1. The molecule has 0 saturated carbocycles. The first-order chi connectivity index (χ1) is 22.3. The number of esters is 2. The number of hydrogen-bond acceptors (Lipinski definition) is 7. The van der Waals surface area contributed by atoms with E-state index in [1.165, 1.54) is 70.6 Å². The summed E-state index contributed by atoms with van der Waals surface area (Å²) < 4.78 is 31.8. The quantitative estimate of drug-likeness (QED) is 0.0311. The molecule has 270 valence electrons. The maximum atomic E-state index is 12.4. The molecule has 0 fully saturated rings. The van der Waals surface area contributed by atoms with Crippen LogP contribution in [-0.2, 0) is 32.7 Å². The van der Waals surface area contributed by atoms with E-state index in [2.05, 4.69) is 42.7 Å². The van der Waals surface area contributed by atoms with E-state index in [0.717, 1.165) is 77.7 Å². The molecule has 0 aromatic rings. The highest BCUT2D eigenvalue weighted by atomic mass is 31.2. The van der Waals surface area contributed by atoms with Crippen LogP contribution in [0.25, 0.3) is 0 Å². The van der Waals surface area contributed by atoms with Gasteiger partial charge in [0, 0.05) is 20.0 Å². The number of unbranched alkanes of at least 4 members (excludes halogenated alkanes) is 19. The lowest BCUT2D eigenvalue weighted by atomic mass is 10.1. The molecule has 46 heavy (non-hydrogen) atoms. The second-order valence-electron chi connectivity index (χ2n) is 12.3. The zero-order chi connectivity index (χ0) is 34.0. The van der Waals surface area contributed by atoms with Crippen LogP contribution in [0.4, 0.5) is 0 Å². The summed E-state index contributed by atoms with van der Waals surface area (Å²) in [4.78, 5) is 34.2. The van der Waals surface area contributed by atoms with E-state index in [4.69, 9.17) is 14.0 Å². The van der Waals surface area contributed by atoms with Gasteiger partial charge in [0.25, 0.3) is 0 Å². The van der Waals surface area contributed by atoms with Crippen molar-refractivity contribution >= 4 is 19.8 Å². The first-order valence-electron chi connectivity index (χ1n) is 18.5. The number of carbonyl (C=O) groups is 2. The second kappa shape index (κ2) is 33.4. The molecule has 0 aliphatic carbocycles. The summed E-state index contributed by atoms with van der Waals surface area (Å²) in [5, 5.41) is 0. The molecular formula is C37H69O8P. The summed E-state index contributed by atoms with van der Waals surface area (Å²) in [6, 6.07) is 0. The van der Waals surface area contributed by atoms with Crippen molar-refractivity contribution in [1.82, 2.24) is 0 Å². The van der Waals surface area contributed by atoms with Crippen molar-refractivity contribution < 1.29 is 37.6 Å². The molecule has 0 radical (unpaired) electrons. The van der Waals surface area contributed by atoms with Gasteiger partial charge in [-0.3, -0.25) is 18.6 Å². The van der Waals surface area contributed by atoms with Gasteiger partial charge in [-0.15, -0.1) is 0 Å². The van der Waals surface area contributed by atoms with Crippen LogP contribution in [0, 0.1) is 0 Å². The van der Waals surface area contributed by atoms with Gasteiger partial charge in [0.05, 0.1) is 6.61 Å². The van der Waals surface area contributed by atoms with E-state index >= 15 is 0 Å². The van der Waals surface area contributed by atoms with Crippen molar-refractivity contribution in [3.8, 4) is 0 Å². The minimum Gasteiger partial charge on any atom is -0.462 e. The summed E-state index contributed by atoms with van der Waals surface area (Å²) in [5.74, 6) is -0.821. The summed E-state index contributed by atoms with van der Waals surface area (Å²) in [6.45, 7) is 3.80. The van der Waals surface area contributed by atoms with Crippen LogP contribution in [-0.4, -0.2) is 43.3 Å². The highest BCUT2D eigenvalue weighted by molar-refractivity contribution is 7.47. The second-order valence-corrected chi connectivity index (χ2v) is 13.9. The number of rotatable bonds is 34. The van der Waals surface area contributed by atoms with Crippen LogP contribution in [0.1, 0.15) is 174 Å². The van der Waals surface area contributed by atoms with Crippen molar-refractivity contribution in [3.63, 3.8) is 0 Å². The Morgan fingerprint density at radius 3 is 1.50 bits per heavy atom. The van der Waals surface area contributed by atoms with Crippen molar-refractivity contribution in [2.24, 2.45) is 0 Å². The van der Waals surface area contributed by atoms with Gasteiger partial charge in [0.15, 0.2) is 6.10 Å². The van der Waals surface area contributed by atoms with Gasteiger partial charge in [-0.05, 0) is 57.8 Å². The van der Waals surface area contributed by atoms with Crippen LogP contribution < -0.4 is 0 Å². The Morgan fingerprint density at radius 1 is 0.587 bits per heavy atom. The molecule has 9 heteroatoms. The smallest absolute Gasteiger partial charge is 0.462 e. The molecule has 2 unspecified atom stereocenters. The van der Waals surface area contributed by atoms with E-state index in [9.17, 15) is 19.0 Å². The highest BCUT2D eigenvalue weighted by Gasteiger charge is 2.24. The summed E-state index contributed by atoms with van der Waals surface area (Å²) in [7, 11) is -3.20. The zero-order valence-electron chi connectivity index (χ0n) is 29.7. The first-order valence-corrected chi connectivity index (χ1v) is 20.0. The molecule has 0 aliphatic rings. The van der Waals surface area contributed by atoms with E-state index in [1.54, 1.807) is 0 Å². The predicted molar refractivity (Wildman–Crippen MR) is 189 cm³/mol. The molecule has 8 nitrogen and oxygen atoms in total. The molecule has 0 spiro atoms. The van der Waals surface area contributed by atoms with Crippen LogP contribution in [0.2, 0.25) is 0 Å². The van der Waals surface area contributed by atoms with Gasteiger partial charge < -0.3 is 14.4 Å². The maximum Gasteiger partial charge on any atom is 0.472 e. The molecular weight excluding hydrogens is 603 g/mol. The number of ether oxygens (including phenoxy) is 2. The summed E-state index contributed by atoms with van der Waals surface area (Å²) >= 11 is 0. The third-order valence-electron chi connectivity index (χ3n) is 7.90. The molecule has 0 aliphatic heterocycles. The lowest BCUT2D eigenvalue weighted by Crippen LogP contribution is -2.29. The highest BCUT2D eigenvalue weighted by Crippen LogP contribution is 2.42. The lowest BCUT2D eigenvalue weighted by Gasteiger charge is -2.19. The van der Waals surface area contributed by atoms with Crippen molar-refractivity contribution in [2.75, 3.05) is 20.3 Å². The Hall–Kier alpha value is -1.47. The van der Waals surface area contributed by atoms with Crippen LogP contribution in [0.5, 0.6) is 0 Å². The molecule has 0 heterocycles.